The Morgan fingerprint density at radius 2 is 1.79 bits per heavy atom. The largest absolute Gasteiger partial charge is 0.392 e. The van der Waals surface area contributed by atoms with Crippen molar-refractivity contribution in [1.82, 2.24) is 25.4 Å². The molecule has 5 rings (SSSR count). The van der Waals surface area contributed by atoms with Crippen LogP contribution in [0, 0.1) is 5.92 Å². The highest BCUT2D eigenvalue weighted by atomic mass is 16.3. The topological polar surface area (TPSA) is 118 Å². The smallest absolute Gasteiger partial charge is 0.238 e. The molecule has 1 unspecified atom stereocenters. The lowest BCUT2D eigenvalue weighted by atomic mass is 9.91. The molecule has 5 atom stereocenters. The maximum Gasteiger partial charge on any atom is 0.238 e. The van der Waals surface area contributed by atoms with Crippen molar-refractivity contribution < 1.29 is 19.8 Å². The minimum Gasteiger partial charge on any atom is -0.392 e. The van der Waals surface area contributed by atoms with E-state index in [1.165, 1.54) is 0 Å². The predicted molar refractivity (Wildman–Crippen MR) is 160 cm³/mol. The van der Waals surface area contributed by atoms with Gasteiger partial charge < -0.3 is 20.8 Å². The Hall–Kier alpha value is -3.63. The Labute approximate surface area is 247 Å². The van der Waals surface area contributed by atoms with Gasteiger partial charge in [-0.15, -0.1) is 0 Å². The number of nitrogens with zero attached hydrogens (tertiary/aromatic N) is 3. The molecule has 2 heterocycles. The molecular formula is C33H41N5O4. The van der Waals surface area contributed by atoms with Crippen molar-refractivity contribution in [3.63, 3.8) is 0 Å². The first-order chi connectivity index (χ1) is 20.4. The fourth-order valence-electron chi connectivity index (χ4n) is 6.28. The van der Waals surface area contributed by atoms with Gasteiger partial charge in [-0.25, -0.2) is 0 Å². The summed E-state index contributed by atoms with van der Waals surface area (Å²) in [7, 11) is 1.63. The van der Waals surface area contributed by atoms with Crippen LogP contribution >= 0.6 is 0 Å². The van der Waals surface area contributed by atoms with Gasteiger partial charge in [0.1, 0.15) is 6.04 Å². The summed E-state index contributed by atoms with van der Waals surface area (Å²) in [4.78, 5) is 35.0. The van der Waals surface area contributed by atoms with Gasteiger partial charge in [0.05, 0.1) is 18.2 Å². The van der Waals surface area contributed by atoms with Gasteiger partial charge in [0.25, 0.3) is 0 Å². The van der Waals surface area contributed by atoms with Crippen molar-refractivity contribution in [2.24, 2.45) is 5.92 Å². The number of aliphatic hydroxyl groups excluding tert-OH is 2. The lowest BCUT2D eigenvalue weighted by Crippen LogP contribution is -2.59. The van der Waals surface area contributed by atoms with E-state index in [-0.39, 0.29) is 24.8 Å². The average molecular weight is 572 g/mol. The highest BCUT2D eigenvalue weighted by Gasteiger charge is 2.36. The first kappa shape index (κ1) is 29.8. The number of amides is 2. The van der Waals surface area contributed by atoms with Crippen LogP contribution in [0.1, 0.15) is 34.7 Å². The fourth-order valence-corrected chi connectivity index (χ4v) is 6.28. The van der Waals surface area contributed by atoms with Crippen LogP contribution in [0.2, 0.25) is 0 Å². The summed E-state index contributed by atoms with van der Waals surface area (Å²) >= 11 is 0. The summed E-state index contributed by atoms with van der Waals surface area (Å²) in [6.07, 6.45) is 3.28. The van der Waals surface area contributed by atoms with Crippen LogP contribution in [0.3, 0.4) is 0 Å². The molecule has 1 saturated heterocycles. The third-order valence-electron chi connectivity index (χ3n) is 8.45. The minimum absolute atomic E-state index is 0.0921. The molecule has 0 spiro atoms. The van der Waals surface area contributed by atoms with Crippen molar-refractivity contribution in [3.8, 4) is 0 Å². The van der Waals surface area contributed by atoms with Gasteiger partial charge in [-0.2, -0.15) is 0 Å². The molecule has 1 fully saturated rings. The Morgan fingerprint density at radius 1 is 1.02 bits per heavy atom. The number of β-amino-alcohol motifs (C(OH)–C–C–N with tert-alkyl or cyclic N) is 1. The van der Waals surface area contributed by atoms with Crippen LogP contribution in [0.5, 0.6) is 0 Å². The van der Waals surface area contributed by atoms with E-state index >= 15 is 0 Å². The van der Waals surface area contributed by atoms with Crippen molar-refractivity contribution >= 4 is 11.8 Å². The van der Waals surface area contributed by atoms with E-state index < -0.39 is 30.2 Å². The van der Waals surface area contributed by atoms with Gasteiger partial charge in [0.15, 0.2) is 0 Å². The van der Waals surface area contributed by atoms with Crippen LogP contribution in [0.4, 0.5) is 0 Å². The standard InChI is InChI=1S/C33H41N5O4/c1-34-33(42)29-22-37(20-24-10-7-13-35-19-24)14-15-38(29)21-27(39)17-26(16-23-8-3-2-4-9-23)32(41)36-31-28-12-6-5-11-25(28)18-30(31)40/h2-13,19,26-27,29-31,39-40H,14-18,20-22H2,1H3,(H,34,42)(H,36,41)/t26-,27+,29+,30-,31?/m1/s1. The summed E-state index contributed by atoms with van der Waals surface area (Å²) in [6.45, 7) is 2.89. The molecule has 2 aliphatic rings. The molecule has 1 aliphatic heterocycles. The summed E-state index contributed by atoms with van der Waals surface area (Å²) in [6, 6.07) is 20.6. The van der Waals surface area contributed by atoms with E-state index in [1.54, 1.807) is 13.2 Å². The highest BCUT2D eigenvalue weighted by molar-refractivity contribution is 5.82. The molecule has 1 aromatic heterocycles. The maximum absolute atomic E-state index is 13.7. The molecule has 1 aliphatic carbocycles. The molecule has 0 bridgehead atoms. The maximum atomic E-state index is 13.7. The average Bonchev–Trinajstić information content (AvgIpc) is 3.32. The number of hydrogen-bond acceptors (Lipinski definition) is 7. The second kappa shape index (κ2) is 14.0. The number of benzene rings is 2. The molecule has 0 saturated carbocycles. The molecule has 4 N–H and O–H groups in total. The SMILES string of the molecule is CNC(=O)[C@@H]1CN(Cc2cccnc2)CCN1C[C@@H](O)C[C@@H](Cc1ccccc1)C(=O)NC1c2ccccc2C[C@H]1O. The minimum atomic E-state index is -0.817. The number of rotatable bonds is 11. The second-order valence-electron chi connectivity index (χ2n) is 11.5. The zero-order chi connectivity index (χ0) is 29.5. The van der Waals surface area contributed by atoms with Gasteiger partial charge >= 0.3 is 0 Å². The number of nitrogens with one attached hydrogen (secondary N) is 2. The van der Waals surface area contributed by atoms with Crippen LogP contribution in [0.25, 0.3) is 0 Å². The van der Waals surface area contributed by atoms with Gasteiger partial charge in [-0.3, -0.25) is 24.4 Å². The first-order valence-electron chi connectivity index (χ1n) is 14.8. The van der Waals surface area contributed by atoms with Gasteiger partial charge in [0, 0.05) is 64.5 Å². The predicted octanol–water partition coefficient (Wildman–Crippen LogP) is 1.70. The summed E-state index contributed by atoms with van der Waals surface area (Å²) in [5, 5.41) is 27.9. The molecule has 222 valence electrons. The number of aromatic nitrogens is 1. The lowest BCUT2D eigenvalue weighted by molar-refractivity contribution is -0.131. The number of carbonyl (C=O) groups excluding carboxylic acids is 2. The molecule has 9 nitrogen and oxygen atoms in total. The fraction of sp³-hybridized carbons (Fsp3) is 0.424. The zero-order valence-corrected chi connectivity index (χ0v) is 24.1. The third-order valence-corrected chi connectivity index (χ3v) is 8.45. The molecular weight excluding hydrogens is 530 g/mol. The molecule has 9 heteroatoms. The van der Waals surface area contributed by atoms with Crippen LogP contribution < -0.4 is 10.6 Å². The lowest BCUT2D eigenvalue weighted by Gasteiger charge is -2.41. The number of fused-ring (bicyclic) bond motifs is 1. The molecule has 2 amide bonds. The van der Waals surface area contributed by atoms with Crippen LogP contribution in [-0.4, -0.2) is 88.3 Å². The third kappa shape index (κ3) is 7.41. The summed E-state index contributed by atoms with van der Waals surface area (Å²) in [5.41, 5.74) is 4.07. The van der Waals surface area contributed by atoms with E-state index in [4.69, 9.17) is 0 Å². The van der Waals surface area contributed by atoms with Crippen molar-refractivity contribution in [3.05, 3.63) is 101 Å². The number of hydrogen-bond donors (Lipinski definition) is 4. The Morgan fingerprint density at radius 3 is 2.55 bits per heavy atom. The van der Waals surface area contributed by atoms with Gasteiger partial charge in [0.2, 0.25) is 11.8 Å². The molecule has 3 aromatic rings. The molecule has 2 aromatic carbocycles. The van der Waals surface area contributed by atoms with E-state index in [0.29, 0.717) is 32.5 Å². The number of piperazine rings is 1. The van der Waals surface area contributed by atoms with Gasteiger partial charge in [-0.1, -0.05) is 60.7 Å². The van der Waals surface area contributed by atoms with E-state index in [9.17, 15) is 19.8 Å². The normalized spacial score (nSPS) is 22.2. The van der Waals surface area contributed by atoms with E-state index in [0.717, 1.165) is 28.8 Å². The number of pyridine rings is 1. The number of likely N-dealkylation sites (N-methyl/N-ethyl adjacent to an activating group) is 1. The van der Waals surface area contributed by atoms with Gasteiger partial charge in [-0.05, 0) is 41.2 Å². The second-order valence-corrected chi connectivity index (χ2v) is 11.5. The van der Waals surface area contributed by atoms with Crippen LogP contribution in [0.15, 0.2) is 79.1 Å². The monoisotopic (exact) mass is 571 g/mol. The van der Waals surface area contributed by atoms with Crippen LogP contribution in [-0.2, 0) is 29.0 Å². The van der Waals surface area contributed by atoms with Crippen molar-refractivity contribution in [1.29, 1.82) is 0 Å². The van der Waals surface area contributed by atoms with E-state index in [1.807, 2.05) is 77.8 Å². The van der Waals surface area contributed by atoms with E-state index in [2.05, 4.69) is 20.5 Å². The molecule has 42 heavy (non-hydrogen) atoms. The Kier molecular flexibility index (Phi) is 9.97. The Bertz CT molecular complexity index is 1320. The van der Waals surface area contributed by atoms with Crippen molar-refractivity contribution in [2.45, 2.75) is 50.1 Å². The summed E-state index contributed by atoms with van der Waals surface area (Å²) < 4.78 is 0. The Balaban J connectivity index is 1.26. The molecule has 0 radical (unpaired) electrons. The quantitative estimate of drug-likeness (QED) is 0.277. The zero-order valence-electron chi connectivity index (χ0n) is 24.1. The first-order valence-corrected chi connectivity index (χ1v) is 14.8. The summed E-state index contributed by atoms with van der Waals surface area (Å²) in [5.74, 6) is -0.791. The number of aliphatic hydroxyl groups is 2. The van der Waals surface area contributed by atoms with Crippen molar-refractivity contribution in [2.75, 3.05) is 33.2 Å². The number of carbonyl (C=O) groups is 2. The highest BCUT2D eigenvalue weighted by Crippen LogP contribution is 2.32.